The van der Waals surface area contributed by atoms with Crippen LogP contribution in [0, 0.1) is 5.92 Å². The quantitative estimate of drug-likeness (QED) is 0.857. The molecule has 16 heavy (non-hydrogen) atoms. The molecule has 3 nitrogen and oxygen atoms in total. The maximum absolute atomic E-state index is 5.66. The van der Waals surface area contributed by atoms with Crippen molar-refractivity contribution in [2.45, 2.75) is 20.3 Å². The van der Waals surface area contributed by atoms with Gasteiger partial charge in [-0.3, -0.25) is 0 Å². The lowest BCUT2D eigenvalue weighted by atomic mass is 10.0. The smallest absolute Gasteiger partial charge is 0.229 e. The Balaban J connectivity index is 2.23. The standard InChI is InChI=1S/C13H16N2O/c1-9(2)7-10-3-5-11(6-4-10)12-8-15-16-13(12)14/h3-6,8-9H,7,14H2,1-2H3. The molecule has 0 spiro atoms. The van der Waals surface area contributed by atoms with Crippen molar-refractivity contribution >= 4 is 5.88 Å². The minimum absolute atomic E-state index is 0.372. The highest BCUT2D eigenvalue weighted by atomic mass is 16.5. The molecule has 2 rings (SSSR count). The van der Waals surface area contributed by atoms with Crippen LogP contribution in [0.15, 0.2) is 35.0 Å². The Morgan fingerprint density at radius 2 is 1.94 bits per heavy atom. The zero-order chi connectivity index (χ0) is 11.5. The van der Waals surface area contributed by atoms with Crippen LogP contribution in [0.4, 0.5) is 5.88 Å². The number of nitrogens with two attached hydrogens (primary N) is 1. The van der Waals surface area contributed by atoms with Gasteiger partial charge in [-0.25, -0.2) is 0 Å². The minimum atomic E-state index is 0.372. The van der Waals surface area contributed by atoms with Gasteiger partial charge >= 0.3 is 0 Å². The van der Waals surface area contributed by atoms with Gasteiger partial charge in [0.05, 0.1) is 11.8 Å². The molecule has 0 aliphatic heterocycles. The molecule has 0 atom stereocenters. The van der Waals surface area contributed by atoms with E-state index in [-0.39, 0.29) is 0 Å². The summed E-state index contributed by atoms with van der Waals surface area (Å²) in [5.41, 5.74) is 8.91. The predicted octanol–water partition coefficient (Wildman–Crippen LogP) is 3.12. The van der Waals surface area contributed by atoms with Gasteiger partial charge in [-0.15, -0.1) is 0 Å². The lowest BCUT2D eigenvalue weighted by Gasteiger charge is -2.05. The van der Waals surface area contributed by atoms with Crippen LogP contribution in [0.1, 0.15) is 19.4 Å². The Morgan fingerprint density at radius 3 is 2.44 bits per heavy atom. The first-order valence-corrected chi connectivity index (χ1v) is 5.46. The normalized spacial score (nSPS) is 10.9. The first-order valence-electron chi connectivity index (χ1n) is 5.46. The van der Waals surface area contributed by atoms with Gasteiger partial charge in [0.25, 0.3) is 0 Å². The van der Waals surface area contributed by atoms with E-state index in [9.17, 15) is 0 Å². The third-order valence-electron chi connectivity index (χ3n) is 2.51. The monoisotopic (exact) mass is 216 g/mol. The second-order valence-corrected chi connectivity index (χ2v) is 4.40. The van der Waals surface area contributed by atoms with Crippen LogP contribution in [0.3, 0.4) is 0 Å². The SMILES string of the molecule is CC(C)Cc1ccc(-c2cnoc2N)cc1. The Labute approximate surface area is 95.3 Å². The summed E-state index contributed by atoms with van der Waals surface area (Å²) in [7, 11) is 0. The van der Waals surface area contributed by atoms with Crippen LogP contribution in [-0.4, -0.2) is 5.16 Å². The number of anilines is 1. The van der Waals surface area contributed by atoms with E-state index in [0.717, 1.165) is 17.5 Å². The number of nitrogens with zero attached hydrogens (tertiary/aromatic N) is 1. The predicted molar refractivity (Wildman–Crippen MR) is 64.9 cm³/mol. The lowest BCUT2D eigenvalue weighted by Crippen LogP contribution is -1.93. The van der Waals surface area contributed by atoms with Crippen molar-refractivity contribution in [2.24, 2.45) is 5.92 Å². The molecule has 1 heterocycles. The number of rotatable bonds is 3. The topological polar surface area (TPSA) is 52.0 Å². The van der Waals surface area contributed by atoms with Crippen molar-refractivity contribution in [1.29, 1.82) is 0 Å². The van der Waals surface area contributed by atoms with E-state index in [1.807, 2.05) is 0 Å². The summed E-state index contributed by atoms with van der Waals surface area (Å²) >= 11 is 0. The number of hydrogen-bond acceptors (Lipinski definition) is 3. The minimum Gasteiger partial charge on any atom is -0.367 e. The average Bonchev–Trinajstić information content (AvgIpc) is 2.65. The Hall–Kier alpha value is -1.77. The number of benzene rings is 1. The Morgan fingerprint density at radius 1 is 1.25 bits per heavy atom. The molecule has 0 aliphatic rings. The molecule has 0 saturated heterocycles. The van der Waals surface area contributed by atoms with Crippen LogP contribution in [0.25, 0.3) is 11.1 Å². The summed E-state index contributed by atoms with van der Waals surface area (Å²) in [4.78, 5) is 0. The molecule has 0 bridgehead atoms. The summed E-state index contributed by atoms with van der Waals surface area (Å²) in [6.45, 7) is 4.43. The summed E-state index contributed by atoms with van der Waals surface area (Å²) in [5, 5.41) is 3.67. The molecule has 1 aromatic carbocycles. The van der Waals surface area contributed by atoms with E-state index >= 15 is 0 Å². The number of nitrogen functional groups attached to an aromatic ring is 1. The van der Waals surface area contributed by atoms with Gasteiger partial charge in [0.2, 0.25) is 5.88 Å². The van der Waals surface area contributed by atoms with Crippen molar-refractivity contribution in [2.75, 3.05) is 5.73 Å². The lowest BCUT2D eigenvalue weighted by molar-refractivity contribution is 0.436. The van der Waals surface area contributed by atoms with Gasteiger partial charge in [0.1, 0.15) is 0 Å². The molecule has 3 heteroatoms. The molecular weight excluding hydrogens is 200 g/mol. The third-order valence-corrected chi connectivity index (χ3v) is 2.51. The molecule has 0 aliphatic carbocycles. The molecule has 0 amide bonds. The first kappa shape index (κ1) is 10.7. The first-order chi connectivity index (χ1) is 7.66. The Bertz CT molecular complexity index is 457. The van der Waals surface area contributed by atoms with E-state index in [2.05, 4.69) is 43.3 Å². The maximum atomic E-state index is 5.66. The van der Waals surface area contributed by atoms with Crippen molar-refractivity contribution in [3.8, 4) is 11.1 Å². The van der Waals surface area contributed by atoms with Gasteiger partial charge in [-0.2, -0.15) is 0 Å². The van der Waals surface area contributed by atoms with Crippen molar-refractivity contribution < 1.29 is 4.52 Å². The van der Waals surface area contributed by atoms with E-state index in [1.165, 1.54) is 5.56 Å². The zero-order valence-electron chi connectivity index (χ0n) is 9.60. The van der Waals surface area contributed by atoms with E-state index in [4.69, 9.17) is 10.3 Å². The van der Waals surface area contributed by atoms with Crippen molar-refractivity contribution in [3.63, 3.8) is 0 Å². The summed E-state index contributed by atoms with van der Waals surface area (Å²) in [5.74, 6) is 1.04. The average molecular weight is 216 g/mol. The van der Waals surface area contributed by atoms with Gasteiger partial charge in [0.15, 0.2) is 0 Å². The molecule has 84 valence electrons. The third kappa shape index (κ3) is 2.24. The molecular formula is C13H16N2O. The highest BCUT2D eigenvalue weighted by Gasteiger charge is 2.06. The van der Waals surface area contributed by atoms with E-state index in [1.54, 1.807) is 6.20 Å². The van der Waals surface area contributed by atoms with Gasteiger partial charge in [-0.1, -0.05) is 43.3 Å². The van der Waals surface area contributed by atoms with Crippen LogP contribution < -0.4 is 5.73 Å². The zero-order valence-corrected chi connectivity index (χ0v) is 9.60. The molecule has 2 N–H and O–H groups in total. The fraction of sp³-hybridized carbons (Fsp3) is 0.308. The molecule has 0 fully saturated rings. The molecule has 0 saturated carbocycles. The number of aromatic nitrogens is 1. The summed E-state index contributed by atoms with van der Waals surface area (Å²) in [6, 6.07) is 8.37. The summed E-state index contributed by atoms with van der Waals surface area (Å²) < 4.78 is 4.84. The second-order valence-electron chi connectivity index (χ2n) is 4.40. The van der Waals surface area contributed by atoms with Gasteiger partial charge in [0, 0.05) is 0 Å². The van der Waals surface area contributed by atoms with E-state index in [0.29, 0.717) is 11.8 Å². The Kier molecular flexibility index (Phi) is 2.95. The highest BCUT2D eigenvalue weighted by molar-refractivity contribution is 5.71. The number of hydrogen-bond donors (Lipinski definition) is 1. The van der Waals surface area contributed by atoms with Crippen LogP contribution >= 0.6 is 0 Å². The molecule has 1 aromatic heterocycles. The fourth-order valence-corrected chi connectivity index (χ4v) is 1.76. The van der Waals surface area contributed by atoms with Gasteiger partial charge in [-0.05, 0) is 23.5 Å². The van der Waals surface area contributed by atoms with E-state index < -0.39 is 0 Å². The van der Waals surface area contributed by atoms with Gasteiger partial charge < -0.3 is 10.3 Å². The fourth-order valence-electron chi connectivity index (χ4n) is 1.76. The second kappa shape index (κ2) is 4.39. The summed E-state index contributed by atoms with van der Waals surface area (Å²) in [6.07, 6.45) is 2.74. The van der Waals surface area contributed by atoms with Crippen LogP contribution in [-0.2, 0) is 6.42 Å². The van der Waals surface area contributed by atoms with Crippen LogP contribution in [0.5, 0.6) is 0 Å². The molecule has 0 unspecified atom stereocenters. The maximum Gasteiger partial charge on any atom is 0.229 e. The van der Waals surface area contributed by atoms with Crippen molar-refractivity contribution in [3.05, 3.63) is 36.0 Å². The van der Waals surface area contributed by atoms with Crippen LogP contribution in [0.2, 0.25) is 0 Å². The van der Waals surface area contributed by atoms with Crippen molar-refractivity contribution in [1.82, 2.24) is 5.16 Å². The molecule has 2 aromatic rings. The largest absolute Gasteiger partial charge is 0.367 e. The molecule has 0 radical (unpaired) electrons. The highest BCUT2D eigenvalue weighted by Crippen LogP contribution is 2.25.